The highest BCUT2D eigenvalue weighted by molar-refractivity contribution is 7.12. The molecule has 0 radical (unpaired) electrons. The lowest BCUT2D eigenvalue weighted by molar-refractivity contribution is -0.135. The maximum absolute atomic E-state index is 13.5. The molecular weight excluding hydrogens is 391 g/mol. The van der Waals surface area contributed by atoms with Gasteiger partial charge in [-0.3, -0.25) is 9.58 Å². The third-order valence-electron chi connectivity index (χ3n) is 5.76. The summed E-state index contributed by atoms with van der Waals surface area (Å²) >= 11 is 0.769. The fourth-order valence-corrected chi connectivity index (χ4v) is 5.73. The van der Waals surface area contributed by atoms with E-state index < -0.39 is 23.3 Å². The van der Waals surface area contributed by atoms with Crippen LogP contribution >= 0.6 is 11.3 Å². The van der Waals surface area contributed by atoms with Crippen molar-refractivity contribution in [2.24, 2.45) is 0 Å². The van der Waals surface area contributed by atoms with Crippen LogP contribution in [-0.2, 0) is 42.6 Å². The first-order chi connectivity index (χ1) is 13.4. The Hall–Kier alpha value is -1.42. The normalized spacial score (nSPS) is 19.9. The van der Waals surface area contributed by atoms with Gasteiger partial charge in [0.2, 0.25) is 0 Å². The molecule has 154 valence electrons. The Kier molecular flexibility index (Phi) is 5.28. The monoisotopic (exact) mass is 415 g/mol. The molecule has 4 rings (SSSR count). The number of aliphatic hydroxyl groups is 1. The Morgan fingerprint density at radius 1 is 1.32 bits per heavy atom. The Bertz CT molecular complexity index is 838. The zero-order valence-corrected chi connectivity index (χ0v) is 16.6. The maximum Gasteiger partial charge on any atom is 0.425 e. The highest BCUT2D eigenvalue weighted by atomic mass is 32.1. The lowest BCUT2D eigenvalue weighted by atomic mass is 9.84. The number of hydrogen-bond donors (Lipinski definition) is 1. The van der Waals surface area contributed by atoms with Crippen LogP contribution in [0, 0.1) is 0 Å². The summed E-state index contributed by atoms with van der Waals surface area (Å²) in [6, 6.07) is 0. The average molecular weight is 415 g/mol. The summed E-state index contributed by atoms with van der Waals surface area (Å²) < 4.78 is 48.3. The summed E-state index contributed by atoms with van der Waals surface area (Å²) in [5.74, 6) is 0. The summed E-state index contributed by atoms with van der Waals surface area (Å²) in [6.45, 7) is 4.97. The number of fused-ring (bicyclic) bond motifs is 2. The van der Waals surface area contributed by atoms with Gasteiger partial charge in [0.15, 0.2) is 0 Å². The van der Waals surface area contributed by atoms with Crippen molar-refractivity contribution in [3.05, 3.63) is 38.8 Å². The number of hydrogen-bond acceptors (Lipinski definition) is 5. The van der Waals surface area contributed by atoms with Crippen molar-refractivity contribution >= 4 is 11.3 Å². The van der Waals surface area contributed by atoms with Crippen molar-refractivity contribution in [3.63, 3.8) is 0 Å². The molecule has 0 bridgehead atoms. The van der Waals surface area contributed by atoms with E-state index in [2.05, 4.69) is 10.00 Å². The van der Waals surface area contributed by atoms with Crippen molar-refractivity contribution in [2.45, 2.75) is 57.7 Å². The minimum absolute atomic E-state index is 0.0459. The Balaban J connectivity index is 1.54. The SMILES string of the molecule is CCn1cc(CN2CCC3(CC2)OCCc2c3sc(C(F)(F)F)c2CO)cn1. The number of aliphatic hydroxyl groups excluding tert-OH is 1. The fourth-order valence-electron chi connectivity index (χ4n) is 4.30. The Labute approximate surface area is 165 Å². The molecule has 1 saturated heterocycles. The second kappa shape index (κ2) is 7.44. The molecule has 5 nitrogen and oxygen atoms in total. The molecule has 1 spiro atoms. The first kappa shape index (κ1) is 19.9. The van der Waals surface area contributed by atoms with Crippen LogP contribution in [0.25, 0.3) is 0 Å². The van der Waals surface area contributed by atoms with Gasteiger partial charge >= 0.3 is 6.18 Å². The molecule has 0 amide bonds. The molecule has 2 aliphatic heterocycles. The number of ether oxygens (including phenoxy) is 1. The van der Waals surface area contributed by atoms with Gasteiger partial charge in [0.05, 0.1) is 19.4 Å². The molecule has 0 unspecified atom stereocenters. The van der Waals surface area contributed by atoms with Crippen LogP contribution in [0.5, 0.6) is 0 Å². The molecule has 0 aromatic carbocycles. The molecule has 0 saturated carbocycles. The number of likely N-dealkylation sites (tertiary alicyclic amines) is 1. The molecule has 4 heterocycles. The van der Waals surface area contributed by atoms with E-state index in [1.54, 1.807) is 0 Å². The maximum atomic E-state index is 13.5. The minimum Gasteiger partial charge on any atom is -0.392 e. The molecule has 28 heavy (non-hydrogen) atoms. The topological polar surface area (TPSA) is 50.5 Å². The number of aryl methyl sites for hydroxylation is 1. The van der Waals surface area contributed by atoms with Crippen molar-refractivity contribution in [1.82, 2.24) is 14.7 Å². The number of piperidine rings is 1. The third kappa shape index (κ3) is 3.49. The number of thiophene rings is 1. The molecule has 0 atom stereocenters. The third-order valence-corrected chi connectivity index (χ3v) is 7.26. The van der Waals surface area contributed by atoms with Gasteiger partial charge in [-0.05, 0) is 31.7 Å². The molecular formula is C19H24F3N3O2S. The molecule has 1 fully saturated rings. The van der Waals surface area contributed by atoms with E-state index in [9.17, 15) is 18.3 Å². The summed E-state index contributed by atoms with van der Waals surface area (Å²) in [4.78, 5) is 2.30. The smallest absolute Gasteiger partial charge is 0.392 e. The van der Waals surface area contributed by atoms with Crippen LogP contribution in [0.1, 0.15) is 46.2 Å². The quantitative estimate of drug-likeness (QED) is 0.830. The standard InChI is InChI=1S/C19H24F3N3O2S/c1-2-25-11-13(9-23-25)10-24-6-4-18(5-7-24)16-14(3-8-27-18)15(12-26)17(28-16)19(20,21)22/h9,11,26H,2-8,10,12H2,1H3. The van der Waals surface area contributed by atoms with E-state index in [-0.39, 0.29) is 5.56 Å². The highest BCUT2D eigenvalue weighted by Gasteiger charge is 2.47. The van der Waals surface area contributed by atoms with Crippen LogP contribution in [0.2, 0.25) is 0 Å². The number of alkyl halides is 3. The second-order valence-corrected chi connectivity index (χ2v) is 8.47. The molecule has 2 aromatic heterocycles. The number of aromatic nitrogens is 2. The fraction of sp³-hybridized carbons (Fsp3) is 0.632. The molecule has 9 heteroatoms. The lowest BCUT2D eigenvalue weighted by Crippen LogP contribution is -2.45. The zero-order chi connectivity index (χ0) is 19.9. The Morgan fingerprint density at radius 3 is 2.68 bits per heavy atom. The van der Waals surface area contributed by atoms with Gasteiger partial charge in [-0.15, -0.1) is 11.3 Å². The van der Waals surface area contributed by atoms with E-state index in [1.807, 2.05) is 24.0 Å². The summed E-state index contributed by atoms with van der Waals surface area (Å²) in [7, 11) is 0. The van der Waals surface area contributed by atoms with Gasteiger partial charge in [-0.1, -0.05) is 0 Å². The van der Waals surface area contributed by atoms with E-state index in [1.165, 1.54) is 0 Å². The predicted molar refractivity (Wildman–Crippen MR) is 99.0 cm³/mol. The number of rotatable bonds is 4. The average Bonchev–Trinajstić information content (AvgIpc) is 3.28. The van der Waals surface area contributed by atoms with E-state index in [0.29, 0.717) is 36.3 Å². The van der Waals surface area contributed by atoms with E-state index in [0.717, 1.165) is 43.1 Å². The van der Waals surface area contributed by atoms with Crippen LogP contribution in [0.15, 0.2) is 12.4 Å². The summed E-state index contributed by atoms with van der Waals surface area (Å²) in [6.07, 6.45) is 1.20. The summed E-state index contributed by atoms with van der Waals surface area (Å²) in [5.41, 5.74) is 1.19. The van der Waals surface area contributed by atoms with Crippen molar-refractivity contribution in [1.29, 1.82) is 0 Å². The van der Waals surface area contributed by atoms with Crippen LogP contribution in [0.3, 0.4) is 0 Å². The van der Waals surface area contributed by atoms with Gasteiger partial charge in [0, 0.05) is 48.4 Å². The van der Waals surface area contributed by atoms with Crippen LogP contribution < -0.4 is 0 Å². The van der Waals surface area contributed by atoms with Gasteiger partial charge in [-0.25, -0.2) is 0 Å². The van der Waals surface area contributed by atoms with Gasteiger partial charge in [-0.2, -0.15) is 18.3 Å². The first-order valence-corrected chi connectivity index (χ1v) is 10.4. The largest absolute Gasteiger partial charge is 0.425 e. The van der Waals surface area contributed by atoms with Gasteiger partial charge in [0.25, 0.3) is 0 Å². The molecule has 0 aliphatic carbocycles. The van der Waals surface area contributed by atoms with Gasteiger partial charge < -0.3 is 9.84 Å². The summed E-state index contributed by atoms with van der Waals surface area (Å²) in [5, 5.41) is 13.9. The minimum atomic E-state index is -4.44. The number of halogens is 3. The predicted octanol–water partition coefficient (Wildman–Crippen LogP) is 3.54. The van der Waals surface area contributed by atoms with Crippen molar-refractivity contribution < 1.29 is 23.0 Å². The second-order valence-electron chi connectivity index (χ2n) is 7.45. The van der Waals surface area contributed by atoms with Crippen molar-refractivity contribution in [2.75, 3.05) is 19.7 Å². The number of nitrogens with zero attached hydrogens (tertiary/aromatic N) is 3. The lowest BCUT2D eigenvalue weighted by Gasteiger charge is -2.43. The molecule has 2 aromatic rings. The van der Waals surface area contributed by atoms with E-state index >= 15 is 0 Å². The van der Waals surface area contributed by atoms with E-state index in [4.69, 9.17) is 4.74 Å². The Morgan fingerprint density at radius 2 is 2.07 bits per heavy atom. The van der Waals surface area contributed by atoms with Gasteiger partial charge in [0.1, 0.15) is 10.5 Å². The molecule has 2 aliphatic rings. The highest BCUT2D eigenvalue weighted by Crippen LogP contribution is 2.50. The molecule has 1 N–H and O–H groups in total. The zero-order valence-electron chi connectivity index (χ0n) is 15.8. The van der Waals surface area contributed by atoms with Crippen LogP contribution in [-0.4, -0.2) is 39.5 Å². The van der Waals surface area contributed by atoms with Crippen LogP contribution in [0.4, 0.5) is 13.2 Å². The van der Waals surface area contributed by atoms with Crippen molar-refractivity contribution in [3.8, 4) is 0 Å². The first-order valence-electron chi connectivity index (χ1n) is 9.57.